The van der Waals surface area contributed by atoms with E-state index in [-0.39, 0.29) is 27.6 Å². The maximum atomic E-state index is 14.0. The van der Waals surface area contributed by atoms with Crippen molar-refractivity contribution in [2.45, 2.75) is 11.4 Å². The van der Waals surface area contributed by atoms with Crippen molar-refractivity contribution in [2.75, 3.05) is 25.5 Å². The number of methoxy groups -OCH3 is 1. The predicted molar refractivity (Wildman–Crippen MR) is 122 cm³/mol. The highest BCUT2D eigenvalue weighted by Gasteiger charge is 2.24. The maximum Gasteiger partial charge on any atom is 0.264 e. The number of carbonyl (C=O) groups excluding carboxylic acids is 1. The molecule has 3 rings (SSSR count). The van der Waals surface area contributed by atoms with E-state index in [1.165, 1.54) is 62.5 Å². The summed E-state index contributed by atoms with van der Waals surface area (Å²) < 4.78 is 46.5. The Balaban J connectivity index is 1.81. The van der Waals surface area contributed by atoms with E-state index >= 15 is 0 Å². The van der Waals surface area contributed by atoms with Gasteiger partial charge in [0.25, 0.3) is 15.9 Å². The average Bonchev–Trinajstić information content (AvgIpc) is 2.80. The lowest BCUT2D eigenvalue weighted by Crippen LogP contribution is -2.28. The van der Waals surface area contributed by atoms with Crippen LogP contribution in [0.4, 0.5) is 10.1 Å². The summed E-state index contributed by atoms with van der Waals surface area (Å²) in [5.74, 6) is -0.483. The molecule has 1 amide bonds. The molecule has 0 aromatic heterocycles. The van der Waals surface area contributed by atoms with E-state index in [0.29, 0.717) is 11.4 Å². The third-order valence-corrected chi connectivity index (χ3v) is 7.13. The smallest absolute Gasteiger partial charge is 0.264 e. The van der Waals surface area contributed by atoms with Crippen LogP contribution in [0, 0.1) is 5.82 Å². The molecule has 0 fully saturated rings. The maximum absolute atomic E-state index is 14.0. The lowest BCUT2D eigenvalue weighted by Gasteiger charge is -2.22. The van der Waals surface area contributed by atoms with Gasteiger partial charge in [0.1, 0.15) is 11.6 Å². The van der Waals surface area contributed by atoms with Gasteiger partial charge in [-0.3, -0.25) is 9.10 Å². The normalized spacial score (nSPS) is 11.2. The molecule has 0 saturated heterocycles. The molecule has 168 valence electrons. The van der Waals surface area contributed by atoms with E-state index in [1.807, 2.05) is 0 Å². The number of halogens is 2. The van der Waals surface area contributed by atoms with E-state index < -0.39 is 21.7 Å². The van der Waals surface area contributed by atoms with Crippen LogP contribution in [0.1, 0.15) is 15.9 Å². The van der Waals surface area contributed by atoms with Crippen LogP contribution >= 0.6 is 11.6 Å². The molecule has 0 spiro atoms. The number of anilines is 1. The molecular formula is C23H22ClFN2O4S. The molecule has 0 atom stereocenters. The van der Waals surface area contributed by atoms with E-state index in [2.05, 4.69) is 0 Å². The third kappa shape index (κ3) is 4.71. The van der Waals surface area contributed by atoms with Crippen molar-refractivity contribution >= 4 is 33.2 Å². The molecule has 9 heteroatoms. The zero-order chi connectivity index (χ0) is 23.5. The van der Waals surface area contributed by atoms with Gasteiger partial charge < -0.3 is 9.64 Å². The van der Waals surface area contributed by atoms with Gasteiger partial charge in [-0.05, 0) is 48.5 Å². The van der Waals surface area contributed by atoms with Crippen LogP contribution in [-0.4, -0.2) is 40.4 Å². The van der Waals surface area contributed by atoms with Crippen molar-refractivity contribution in [1.29, 1.82) is 0 Å². The van der Waals surface area contributed by atoms with Crippen molar-refractivity contribution in [3.8, 4) is 5.75 Å². The molecule has 3 aromatic rings. The Bertz CT molecular complexity index is 1210. The van der Waals surface area contributed by atoms with Gasteiger partial charge in [-0.1, -0.05) is 29.8 Å². The quantitative estimate of drug-likeness (QED) is 0.500. The molecule has 0 unspecified atom stereocenters. The van der Waals surface area contributed by atoms with Gasteiger partial charge >= 0.3 is 0 Å². The molecule has 0 radical (unpaired) electrons. The molecule has 0 aliphatic heterocycles. The van der Waals surface area contributed by atoms with Crippen LogP contribution in [0.25, 0.3) is 0 Å². The first-order chi connectivity index (χ1) is 15.2. The van der Waals surface area contributed by atoms with Gasteiger partial charge in [0.15, 0.2) is 0 Å². The summed E-state index contributed by atoms with van der Waals surface area (Å²) in [6.45, 7) is -0.0269. The number of benzene rings is 3. The van der Waals surface area contributed by atoms with Crippen LogP contribution in [0.3, 0.4) is 0 Å². The molecule has 0 aliphatic carbocycles. The monoisotopic (exact) mass is 476 g/mol. The Labute approximate surface area is 191 Å². The first-order valence-electron chi connectivity index (χ1n) is 9.57. The molecule has 3 aromatic carbocycles. The summed E-state index contributed by atoms with van der Waals surface area (Å²) in [7, 11) is 0.525. The van der Waals surface area contributed by atoms with Crippen molar-refractivity contribution in [2.24, 2.45) is 0 Å². The third-order valence-electron chi connectivity index (χ3n) is 4.99. The van der Waals surface area contributed by atoms with Gasteiger partial charge in [0.05, 0.1) is 17.7 Å². The van der Waals surface area contributed by atoms with E-state index in [0.717, 1.165) is 4.31 Å². The molecule has 0 saturated carbocycles. The van der Waals surface area contributed by atoms with Gasteiger partial charge in [-0.2, -0.15) is 0 Å². The second-order valence-corrected chi connectivity index (χ2v) is 9.41. The summed E-state index contributed by atoms with van der Waals surface area (Å²) in [6.07, 6.45) is 0. The summed E-state index contributed by atoms with van der Waals surface area (Å²) in [4.78, 5) is 14.1. The SMILES string of the molecule is COc1ccccc1N(C)S(=O)(=O)c1ccc(C(=O)N(C)Cc2c(F)cccc2Cl)cc1. The molecule has 6 nitrogen and oxygen atoms in total. The zero-order valence-electron chi connectivity index (χ0n) is 17.7. The van der Waals surface area contributed by atoms with Gasteiger partial charge in [-0.15, -0.1) is 0 Å². The highest BCUT2D eigenvalue weighted by Crippen LogP contribution is 2.31. The number of rotatable bonds is 7. The first kappa shape index (κ1) is 23.6. The number of hydrogen-bond acceptors (Lipinski definition) is 4. The van der Waals surface area contributed by atoms with Crippen LogP contribution in [-0.2, 0) is 16.6 Å². The van der Waals surface area contributed by atoms with E-state index in [1.54, 1.807) is 30.3 Å². The lowest BCUT2D eigenvalue weighted by atomic mass is 10.1. The predicted octanol–water partition coefficient (Wildman–Crippen LogP) is 4.59. The minimum absolute atomic E-state index is 0.0160. The summed E-state index contributed by atoms with van der Waals surface area (Å²) >= 11 is 6.04. The fraction of sp³-hybridized carbons (Fsp3) is 0.174. The molecule has 0 N–H and O–H groups in total. The Hall–Kier alpha value is -3.10. The number of sulfonamides is 1. The number of para-hydroxylation sites is 2. The topological polar surface area (TPSA) is 66.9 Å². The largest absolute Gasteiger partial charge is 0.495 e. The average molecular weight is 477 g/mol. The van der Waals surface area contributed by atoms with E-state index in [4.69, 9.17) is 16.3 Å². The minimum Gasteiger partial charge on any atom is -0.495 e. The number of ether oxygens (including phenoxy) is 1. The first-order valence-corrected chi connectivity index (χ1v) is 11.4. The van der Waals surface area contributed by atoms with Crippen LogP contribution in [0.5, 0.6) is 5.75 Å². The molecule has 32 heavy (non-hydrogen) atoms. The molecule has 0 bridgehead atoms. The summed E-state index contributed by atoms with van der Waals surface area (Å²) in [6, 6.07) is 16.6. The van der Waals surface area contributed by atoms with Crippen LogP contribution < -0.4 is 9.04 Å². The fourth-order valence-electron chi connectivity index (χ4n) is 3.16. The zero-order valence-corrected chi connectivity index (χ0v) is 19.3. The van der Waals surface area contributed by atoms with Crippen LogP contribution in [0.15, 0.2) is 71.6 Å². The van der Waals surface area contributed by atoms with Gasteiger partial charge in [-0.25, -0.2) is 12.8 Å². The summed E-state index contributed by atoms with van der Waals surface area (Å²) in [5.41, 5.74) is 0.859. The van der Waals surface area contributed by atoms with Crippen molar-refractivity contribution in [3.63, 3.8) is 0 Å². The van der Waals surface area contributed by atoms with Gasteiger partial charge in [0, 0.05) is 36.8 Å². The Morgan fingerprint density at radius 1 is 1.00 bits per heavy atom. The van der Waals surface area contributed by atoms with Crippen molar-refractivity contribution < 1.29 is 22.3 Å². The molecule has 0 heterocycles. The molecular weight excluding hydrogens is 455 g/mol. The Morgan fingerprint density at radius 3 is 2.28 bits per heavy atom. The van der Waals surface area contributed by atoms with E-state index in [9.17, 15) is 17.6 Å². The Kier molecular flexibility index (Phi) is 7.06. The summed E-state index contributed by atoms with van der Waals surface area (Å²) in [5, 5.41) is 0.227. The number of nitrogens with zero attached hydrogens (tertiary/aromatic N) is 2. The highest BCUT2D eigenvalue weighted by atomic mass is 35.5. The van der Waals surface area contributed by atoms with Gasteiger partial charge in [0.2, 0.25) is 0 Å². The lowest BCUT2D eigenvalue weighted by molar-refractivity contribution is 0.0784. The minimum atomic E-state index is -3.89. The highest BCUT2D eigenvalue weighted by molar-refractivity contribution is 7.92. The van der Waals surface area contributed by atoms with Crippen molar-refractivity contribution in [3.05, 3.63) is 88.7 Å². The second kappa shape index (κ2) is 9.58. The number of hydrogen-bond donors (Lipinski definition) is 0. The fourth-order valence-corrected chi connectivity index (χ4v) is 4.59. The molecule has 0 aliphatic rings. The number of carbonyl (C=O) groups is 1. The van der Waals surface area contributed by atoms with Crippen LogP contribution in [0.2, 0.25) is 5.02 Å². The standard InChI is InChI=1S/C23H22ClFN2O4S/c1-26(15-18-19(24)7-6-8-20(18)25)23(28)16-11-13-17(14-12-16)32(29,30)27(2)21-9-4-5-10-22(21)31-3/h4-14H,15H2,1-3H3. The van der Waals surface area contributed by atoms with Crippen molar-refractivity contribution in [1.82, 2.24) is 4.90 Å². The second-order valence-electron chi connectivity index (χ2n) is 7.03. The number of amides is 1. The Morgan fingerprint density at radius 2 is 1.66 bits per heavy atom.